The second kappa shape index (κ2) is 8.31. The van der Waals surface area contributed by atoms with Gasteiger partial charge in [0, 0.05) is 18.5 Å². The molecule has 0 N–H and O–H groups in total. The van der Waals surface area contributed by atoms with Crippen LogP contribution in [0, 0.1) is 6.92 Å². The molecular formula is C21H22N2O4S. The van der Waals surface area contributed by atoms with Crippen molar-refractivity contribution in [3.8, 4) is 11.5 Å². The van der Waals surface area contributed by atoms with Gasteiger partial charge in [-0.3, -0.25) is 9.29 Å². The van der Waals surface area contributed by atoms with E-state index in [2.05, 4.69) is 4.98 Å². The van der Waals surface area contributed by atoms with Crippen LogP contribution in [0.3, 0.4) is 0 Å². The highest BCUT2D eigenvalue weighted by Crippen LogP contribution is 2.33. The number of hydrogen-bond donors (Lipinski definition) is 0. The van der Waals surface area contributed by atoms with Crippen LogP contribution in [0.15, 0.2) is 71.9 Å². The standard InChI is InChI=1S/C21H22N2O4S/c1-16-9-10-20(27-3)21(12-16)28(24,25)23(15-17-6-5-11-22-14-17)18-7-4-8-19(13-18)26-2/h4-14H,15H2,1-3H3. The van der Waals surface area contributed by atoms with Crippen LogP contribution in [0.5, 0.6) is 11.5 Å². The summed E-state index contributed by atoms with van der Waals surface area (Å²) in [6, 6.07) is 15.7. The van der Waals surface area contributed by atoms with Crippen molar-refractivity contribution in [2.75, 3.05) is 18.5 Å². The van der Waals surface area contributed by atoms with Gasteiger partial charge in [-0.25, -0.2) is 8.42 Å². The third-order valence-corrected chi connectivity index (χ3v) is 6.07. The van der Waals surface area contributed by atoms with Gasteiger partial charge in [0.15, 0.2) is 0 Å². The van der Waals surface area contributed by atoms with Crippen molar-refractivity contribution in [3.63, 3.8) is 0 Å². The first kappa shape index (κ1) is 19.7. The Morgan fingerprint density at radius 3 is 2.50 bits per heavy atom. The molecule has 0 radical (unpaired) electrons. The van der Waals surface area contributed by atoms with Gasteiger partial charge in [-0.15, -0.1) is 0 Å². The summed E-state index contributed by atoms with van der Waals surface area (Å²) < 4.78 is 39.2. The molecule has 0 saturated heterocycles. The summed E-state index contributed by atoms with van der Waals surface area (Å²) in [4.78, 5) is 4.21. The minimum atomic E-state index is -3.92. The third kappa shape index (κ3) is 4.09. The van der Waals surface area contributed by atoms with Gasteiger partial charge in [0.1, 0.15) is 16.4 Å². The quantitative estimate of drug-likeness (QED) is 0.605. The topological polar surface area (TPSA) is 68.7 Å². The van der Waals surface area contributed by atoms with E-state index in [1.165, 1.54) is 11.4 Å². The lowest BCUT2D eigenvalue weighted by Crippen LogP contribution is -2.31. The molecular weight excluding hydrogens is 376 g/mol. The van der Waals surface area contributed by atoms with E-state index < -0.39 is 10.0 Å². The number of ether oxygens (including phenoxy) is 2. The first-order valence-corrected chi connectivity index (χ1v) is 10.1. The van der Waals surface area contributed by atoms with Crippen LogP contribution in [-0.2, 0) is 16.6 Å². The summed E-state index contributed by atoms with van der Waals surface area (Å²) in [6.45, 7) is 1.97. The zero-order valence-corrected chi connectivity index (χ0v) is 16.8. The smallest absolute Gasteiger partial charge is 0.268 e. The number of anilines is 1. The molecule has 3 aromatic rings. The molecule has 0 unspecified atom stereocenters. The van der Waals surface area contributed by atoms with Gasteiger partial charge >= 0.3 is 0 Å². The lowest BCUT2D eigenvalue weighted by atomic mass is 10.2. The predicted octanol–water partition coefficient (Wildman–Crippen LogP) is 3.80. The molecule has 0 aliphatic rings. The highest BCUT2D eigenvalue weighted by atomic mass is 32.2. The van der Waals surface area contributed by atoms with E-state index in [-0.39, 0.29) is 11.4 Å². The summed E-state index contributed by atoms with van der Waals surface area (Å²) in [5.41, 5.74) is 2.08. The molecule has 0 aliphatic carbocycles. The molecule has 0 aliphatic heterocycles. The van der Waals surface area contributed by atoms with Crippen molar-refractivity contribution in [1.29, 1.82) is 0 Å². The molecule has 146 valence electrons. The average Bonchev–Trinajstić information content (AvgIpc) is 2.72. The SMILES string of the molecule is COc1cccc(N(Cc2cccnc2)S(=O)(=O)c2cc(C)ccc2OC)c1. The van der Waals surface area contributed by atoms with Gasteiger partial charge in [-0.05, 0) is 48.4 Å². The number of aromatic nitrogens is 1. The van der Waals surface area contributed by atoms with Crippen LogP contribution >= 0.6 is 0 Å². The van der Waals surface area contributed by atoms with Gasteiger partial charge in [-0.2, -0.15) is 0 Å². The number of sulfonamides is 1. The largest absolute Gasteiger partial charge is 0.497 e. The number of methoxy groups -OCH3 is 2. The number of rotatable bonds is 7. The lowest BCUT2D eigenvalue weighted by molar-refractivity contribution is 0.402. The zero-order chi connectivity index (χ0) is 20.1. The number of benzene rings is 2. The first-order chi connectivity index (χ1) is 13.5. The molecule has 7 heteroatoms. The number of aryl methyl sites for hydroxylation is 1. The van der Waals surface area contributed by atoms with Crippen LogP contribution < -0.4 is 13.8 Å². The summed E-state index contributed by atoms with van der Waals surface area (Å²) >= 11 is 0. The van der Waals surface area contributed by atoms with Crippen molar-refractivity contribution in [3.05, 3.63) is 78.1 Å². The summed E-state index contributed by atoms with van der Waals surface area (Å²) in [7, 11) is -0.914. The Kier molecular flexibility index (Phi) is 5.84. The van der Waals surface area contributed by atoms with Gasteiger partial charge in [0.2, 0.25) is 0 Å². The second-order valence-corrected chi connectivity index (χ2v) is 8.06. The first-order valence-electron chi connectivity index (χ1n) is 8.66. The molecule has 0 amide bonds. The van der Waals surface area contributed by atoms with E-state index in [4.69, 9.17) is 9.47 Å². The van der Waals surface area contributed by atoms with Crippen molar-refractivity contribution >= 4 is 15.7 Å². The maximum Gasteiger partial charge on any atom is 0.268 e. The van der Waals surface area contributed by atoms with Gasteiger partial charge in [-0.1, -0.05) is 18.2 Å². The number of hydrogen-bond acceptors (Lipinski definition) is 5. The van der Waals surface area contributed by atoms with Crippen molar-refractivity contribution in [1.82, 2.24) is 4.98 Å². The number of nitrogens with zero attached hydrogens (tertiary/aromatic N) is 2. The Balaban J connectivity index is 2.16. The number of pyridine rings is 1. The molecule has 3 rings (SSSR count). The Hall–Kier alpha value is -3.06. The Morgan fingerprint density at radius 1 is 1.00 bits per heavy atom. The Labute approximate surface area is 165 Å². The van der Waals surface area contributed by atoms with Crippen molar-refractivity contribution in [2.45, 2.75) is 18.4 Å². The molecule has 0 spiro atoms. The van der Waals surface area contributed by atoms with Crippen molar-refractivity contribution in [2.24, 2.45) is 0 Å². The fraction of sp³-hybridized carbons (Fsp3) is 0.190. The molecule has 2 aromatic carbocycles. The van der Waals surface area contributed by atoms with Gasteiger partial charge in [0.05, 0.1) is 26.5 Å². The van der Waals surface area contributed by atoms with Gasteiger partial charge < -0.3 is 9.47 Å². The van der Waals surface area contributed by atoms with Crippen LogP contribution in [0.2, 0.25) is 0 Å². The highest BCUT2D eigenvalue weighted by molar-refractivity contribution is 7.92. The minimum Gasteiger partial charge on any atom is -0.497 e. The molecule has 0 bridgehead atoms. The fourth-order valence-corrected chi connectivity index (χ4v) is 4.53. The van der Waals surface area contributed by atoms with Crippen molar-refractivity contribution < 1.29 is 17.9 Å². The predicted molar refractivity (Wildman–Crippen MR) is 108 cm³/mol. The molecule has 0 saturated carbocycles. The second-order valence-electron chi connectivity index (χ2n) is 6.23. The molecule has 6 nitrogen and oxygen atoms in total. The highest BCUT2D eigenvalue weighted by Gasteiger charge is 2.29. The monoisotopic (exact) mass is 398 g/mol. The molecule has 1 heterocycles. The van der Waals surface area contributed by atoms with E-state index in [0.29, 0.717) is 17.2 Å². The van der Waals surface area contributed by atoms with Crippen LogP contribution in [0.1, 0.15) is 11.1 Å². The Bertz CT molecular complexity index is 1050. The molecule has 0 fully saturated rings. The van der Waals surface area contributed by atoms with E-state index in [1.807, 2.05) is 19.1 Å². The van der Waals surface area contributed by atoms with E-state index in [9.17, 15) is 8.42 Å². The minimum absolute atomic E-state index is 0.113. The molecule has 28 heavy (non-hydrogen) atoms. The fourth-order valence-electron chi connectivity index (χ4n) is 2.84. The van der Waals surface area contributed by atoms with Crippen LogP contribution in [0.4, 0.5) is 5.69 Å². The summed E-state index contributed by atoms with van der Waals surface area (Å²) in [5, 5.41) is 0. The molecule has 1 aromatic heterocycles. The maximum atomic E-state index is 13.7. The van der Waals surface area contributed by atoms with E-state index in [0.717, 1.165) is 11.1 Å². The maximum absolute atomic E-state index is 13.7. The normalized spacial score (nSPS) is 11.1. The zero-order valence-electron chi connectivity index (χ0n) is 16.0. The average molecular weight is 398 g/mol. The lowest BCUT2D eigenvalue weighted by Gasteiger charge is -2.26. The summed E-state index contributed by atoms with van der Waals surface area (Å²) in [6.07, 6.45) is 3.30. The molecule has 0 atom stereocenters. The van der Waals surface area contributed by atoms with E-state index >= 15 is 0 Å². The third-order valence-electron chi connectivity index (χ3n) is 4.28. The Morgan fingerprint density at radius 2 is 1.82 bits per heavy atom. The van der Waals surface area contributed by atoms with Crippen LogP contribution in [0.25, 0.3) is 0 Å². The van der Waals surface area contributed by atoms with E-state index in [1.54, 1.807) is 62.0 Å². The van der Waals surface area contributed by atoms with Crippen LogP contribution in [-0.4, -0.2) is 27.6 Å². The van der Waals surface area contributed by atoms with Gasteiger partial charge in [0.25, 0.3) is 10.0 Å². The summed E-state index contributed by atoms with van der Waals surface area (Å²) in [5.74, 6) is 0.866.